The highest BCUT2D eigenvalue weighted by Crippen LogP contribution is 2.26. The van der Waals surface area contributed by atoms with Gasteiger partial charge in [-0.15, -0.1) is 11.3 Å². The molecule has 1 atom stereocenters. The summed E-state index contributed by atoms with van der Waals surface area (Å²) in [5.41, 5.74) is 6.20. The van der Waals surface area contributed by atoms with Crippen molar-refractivity contribution in [1.29, 1.82) is 0 Å². The van der Waals surface area contributed by atoms with E-state index in [1.54, 1.807) is 5.38 Å². The van der Waals surface area contributed by atoms with Crippen molar-refractivity contribution < 1.29 is 9.90 Å². The molecule has 1 aromatic heterocycles. The SMILES string of the molecule is CC(C)(C)N1CCN(c2nc(C(N)C(=O)O)cs2)CC1. The number of nitrogens with zero attached hydrogens (tertiary/aromatic N) is 3. The molecule has 0 aromatic carbocycles. The zero-order valence-corrected chi connectivity index (χ0v) is 13.0. The van der Waals surface area contributed by atoms with Crippen LogP contribution in [-0.2, 0) is 4.79 Å². The molecule has 1 aliphatic rings. The van der Waals surface area contributed by atoms with Gasteiger partial charge in [-0.05, 0) is 20.8 Å². The third-order valence-corrected chi connectivity index (χ3v) is 4.51. The first kappa shape index (κ1) is 15.2. The second-order valence-corrected chi connectivity index (χ2v) is 6.85. The molecule has 0 bridgehead atoms. The number of hydrogen-bond donors (Lipinski definition) is 2. The minimum Gasteiger partial charge on any atom is -0.480 e. The van der Waals surface area contributed by atoms with Crippen LogP contribution in [0.1, 0.15) is 32.5 Å². The maximum absolute atomic E-state index is 10.9. The topological polar surface area (TPSA) is 82.7 Å². The van der Waals surface area contributed by atoms with E-state index in [9.17, 15) is 4.79 Å². The third-order valence-electron chi connectivity index (χ3n) is 3.59. The molecule has 1 fully saturated rings. The molecule has 3 N–H and O–H groups in total. The van der Waals surface area contributed by atoms with Crippen LogP contribution in [0, 0.1) is 0 Å². The number of nitrogens with two attached hydrogens (primary N) is 1. The van der Waals surface area contributed by atoms with E-state index < -0.39 is 12.0 Å². The van der Waals surface area contributed by atoms with Gasteiger partial charge in [0.1, 0.15) is 6.04 Å². The van der Waals surface area contributed by atoms with Crippen molar-refractivity contribution >= 4 is 22.4 Å². The van der Waals surface area contributed by atoms with Gasteiger partial charge in [-0.3, -0.25) is 9.69 Å². The second-order valence-electron chi connectivity index (χ2n) is 6.02. The van der Waals surface area contributed by atoms with E-state index in [2.05, 4.69) is 35.6 Å². The van der Waals surface area contributed by atoms with Gasteiger partial charge in [0, 0.05) is 37.1 Å². The molecular weight excluding hydrogens is 276 g/mol. The lowest BCUT2D eigenvalue weighted by Gasteiger charge is -2.42. The first-order valence-electron chi connectivity index (χ1n) is 6.73. The summed E-state index contributed by atoms with van der Waals surface area (Å²) in [6.07, 6.45) is 0. The van der Waals surface area contributed by atoms with Crippen LogP contribution in [0.5, 0.6) is 0 Å². The molecule has 0 amide bonds. The largest absolute Gasteiger partial charge is 0.480 e. The number of piperazine rings is 1. The van der Waals surface area contributed by atoms with Gasteiger partial charge in [0.05, 0.1) is 5.69 Å². The van der Waals surface area contributed by atoms with Crippen LogP contribution in [0.4, 0.5) is 5.13 Å². The lowest BCUT2D eigenvalue weighted by Crippen LogP contribution is -2.53. The number of rotatable bonds is 3. The lowest BCUT2D eigenvalue weighted by molar-refractivity contribution is -0.138. The molecular formula is C13H22N4O2S. The fourth-order valence-electron chi connectivity index (χ4n) is 2.26. The minimum atomic E-state index is -1.04. The van der Waals surface area contributed by atoms with Gasteiger partial charge in [-0.1, -0.05) is 0 Å². The third kappa shape index (κ3) is 3.28. The van der Waals surface area contributed by atoms with Crippen molar-refractivity contribution in [3.63, 3.8) is 0 Å². The molecule has 0 saturated carbocycles. The van der Waals surface area contributed by atoms with Gasteiger partial charge in [0.2, 0.25) is 0 Å². The molecule has 7 heteroatoms. The second kappa shape index (κ2) is 5.67. The molecule has 0 aliphatic carbocycles. The average molecular weight is 298 g/mol. The van der Waals surface area contributed by atoms with Crippen LogP contribution in [0.3, 0.4) is 0 Å². The summed E-state index contributed by atoms with van der Waals surface area (Å²) in [5, 5.41) is 11.5. The van der Waals surface area contributed by atoms with Crippen molar-refractivity contribution in [2.75, 3.05) is 31.1 Å². The van der Waals surface area contributed by atoms with Crippen LogP contribution < -0.4 is 10.6 Å². The quantitative estimate of drug-likeness (QED) is 0.871. The summed E-state index contributed by atoms with van der Waals surface area (Å²) in [6, 6.07) is -1.03. The smallest absolute Gasteiger partial charge is 0.326 e. The van der Waals surface area contributed by atoms with Crippen LogP contribution in [0.25, 0.3) is 0 Å². The van der Waals surface area contributed by atoms with E-state index in [4.69, 9.17) is 10.8 Å². The Morgan fingerprint density at radius 2 is 2.00 bits per heavy atom. The van der Waals surface area contributed by atoms with Gasteiger partial charge in [0.25, 0.3) is 0 Å². The van der Waals surface area contributed by atoms with Crippen molar-refractivity contribution in [1.82, 2.24) is 9.88 Å². The zero-order valence-electron chi connectivity index (χ0n) is 12.2. The van der Waals surface area contributed by atoms with E-state index in [0.29, 0.717) is 5.69 Å². The molecule has 1 saturated heterocycles. The molecule has 6 nitrogen and oxygen atoms in total. The van der Waals surface area contributed by atoms with Gasteiger partial charge in [-0.2, -0.15) is 0 Å². The van der Waals surface area contributed by atoms with Crippen molar-refractivity contribution in [3.05, 3.63) is 11.1 Å². The van der Waals surface area contributed by atoms with Crippen molar-refractivity contribution in [3.8, 4) is 0 Å². The fourth-order valence-corrected chi connectivity index (χ4v) is 3.17. The molecule has 1 aliphatic heterocycles. The Morgan fingerprint density at radius 3 is 2.50 bits per heavy atom. The van der Waals surface area contributed by atoms with Crippen LogP contribution >= 0.6 is 11.3 Å². The summed E-state index contributed by atoms with van der Waals surface area (Å²) in [5.74, 6) is -1.04. The molecule has 2 heterocycles. The molecule has 0 spiro atoms. The molecule has 20 heavy (non-hydrogen) atoms. The minimum absolute atomic E-state index is 0.186. The number of carboxylic acid groups (broad SMARTS) is 1. The Morgan fingerprint density at radius 1 is 1.40 bits per heavy atom. The zero-order chi connectivity index (χ0) is 14.9. The van der Waals surface area contributed by atoms with Gasteiger partial charge in [0.15, 0.2) is 5.13 Å². The monoisotopic (exact) mass is 298 g/mol. The van der Waals surface area contributed by atoms with Crippen LogP contribution in [0.15, 0.2) is 5.38 Å². The van der Waals surface area contributed by atoms with Crippen LogP contribution in [-0.4, -0.2) is 52.7 Å². The molecule has 1 aromatic rings. The highest BCUT2D eigenvalue weighted by molar-refractivity contribution is 7.13. The molecule has 1 unspecified atom stereocenters. The number of aliphatic carboxylic acids is 1. The Labute approximate surface area is 123 Å². The summed E-state index contributed by atoms with van der Waals surface area (Å²) in [7, 11) is 0. The number of anilines is 1. The van der Waals surface area contributed by atoms with Gasteiger partial charge >= 0.3 is 5.97 Å². The average Bonchev–Trinajstić information content (AvgIpc) is 2.86. The maximum atomic E-state index is 10.9. The number of hydrogen-bond acceptors (Lipinski definition) is 6. The summed E-state index contributed by atoms with van der Waals surface area (Å²) >= 11 is 1.46. The predicted molar refractivity (Wildman–Crippen MR) is 80.2 cm³/mol. The highest BCUT2D eigenvalue weighted by Gasteiger charge is 2.27. The maximum Gasteiger partial charge on any atom is 0.326 e. The summed E-state index contributed by atoms with van der Waals surface area (Å²) in [4.78, 5) is 19.9. The van der Waals surface area contributed by atoms with E-state index in [1.807, 2.05) is 0 Å². The standard InChI is InChI=1S/C13H22N4O2S/c1-13(2,3)17-6-4-16(5-7-17)12-15-9(8-20-12)10(14)11(18)19/h8,10H,4-7,14H2,1-3H3,(H,18,19). The van der Waals surface area contributed by atoms with E-state index >= 15 is 0 Å². The number of aromatic nitrogens is 1. The van der Waals surface area contributed by atoms with Crippen LogP contribution in [0.2, 0.25) is 0 Å². The Hall–Kier alpha value is -1.18. The molecule has 112 valence electrons. The summed E-state index contributed by atoms with van der Waals surface area (Å²) < 4.78 is 0. The Bertz CT molecular complexity index is 475. The fraction of sp³-hybridized carbons (Fsp3) is 0.692. The number of carbonyl (C=O) groups is 1. The van der Waals surface area contributed by atoms with Crippen molar-refractivity contribution in [2.45, 2.75) is 32.4 Å². The van der Waals surface area contributed by atoms with E-state index in [0.717, 1.165) is 31.3 Å². The van der Waals surface area contributed by atoms with Gasteiger partial charge in [-0.25, -0.2) is 4.98 Å². The first-order chi connectivity index (χ1) is 9.29. The van der Waals surface area contributed by atoms with E-state index in [-0.39, 0.29) is 5.54 Å². The number of carboxylic acids is 1. The molecule has 0 radical (unpaired) electrons. The number of thiazole rings is 1. The van der Waals surface area contributed by atoms with Crippen molar-refractivity contribution in [2.24, 2.45) is 5.73 Å². The normalized spacial score (nSPS) is 19.1. The van der Waals surface area contributed by atoms with Gasteiger partial charge < -0.3 is 15.7 Å². The molecule has 2 rings (SSSR count). The summed E-state index contributed by atoms with van der Waals surface area (Å²) in [6.45, 7) is 10.5. The highest BCUT2D eigenvalue weighted by atomic mass is 32.1. The van der Waals surface area contributed by atoms with E-state index in [1.165, 1.54) is 11.3 Å². The Kier molecular flexibility index (Phi) is 4.31. The Balaban J connectivity index is 1.99. The predicted octanol–water partition coefficient (Wildman–Crippen LogP) is 1.15. The lowest BCUT2D eigenvalue weighted by atomic mass is 10.1. The first-order valence-corrected chi connectivity index (χ1v) is 7.61.